The molecule has 1 atom stereocenters. The van der Waals surface area contributed by atoms with Crippen molar-refractivity contribution in [3.05, 3.63) is 21.6 Å². The normalized spacial score (nSPS) is 12.5. The summed E-state index contributed by atoms with van der Waals surface area (Å²) < 4.78 is 5.06. The van der Waals surface area contributed by atoms with Crippen LogP contribution in [0.25, 0.3) is 0 Å². The van der Waals surface area contributed by atoms with E-state index in [1.807, 2.05) is 13.8 Å². The van der Waals surface area contributed by atoms with Crippen molar-refractivity contribution in [2.24, 2.45) is 5.92 Å². The van der Waals surface area contributed by atoms with Crippen molar-refractivity contribution >= 4 is 23.1 Å². The van der Waals surface area contributed by atoms with Crippen LogP contribution in [-0.4, -0.2) is 34.6 Å². The maximum absolute atomic E-state index is 10.9. The van der Waals surface area contributed by atoms with Crippen LogP contribution in [0.1, 0.15) is 13.8 Å². The predicted molar refractivity (Wildman–Crippen MR) is 67.8 cm³/mol. The van der Waals surface area contributed by atoms with Gasteiger partial charge in [-0.1, -0.05) is 25.4 Å². The number of methoxy groups -OCH3 is 1. The second-order valence-electron chi connectivity index (χ2n) is 4.07. The highest BCUT2D eigenvalue weighted by Crippen LogP contribution is 2.29. The molecule has 0 fully saturated rings. The monoisotopic (exact) mass is 274 g/mol. The second kappa shape index (κ2) is 6.46. The molecule has 0 aromatic carbocycles. The number of ether oxygens (including phenoxy) is 1. The van der Waals surface area contributed by atoms with Crippen molar-refractivity contribution in [2.45, 2.75) is 19.9 Å². The van der Waals surface area contributed by atoms with Gasteiger partial charge >= 0.3 is 5.69 Å². The number of halogens is 1. The Labute approximate surface area is 110 Å². The molecule has 0 saturated heterocycles. The molecule has 0 aliphatic carbocycles. The van der Waals surface area contributed by atoms with Gasteiger partial charge in [0.1, 0.15) is 6.33 Å². The van der Waals surface area contributed by atoms with E-state index in [1.54, 1.807) is 7.11 Å². The zero-order chi connectivity index (χ0) is 13.7. The molecule has 100 valence electrons. The van der Waals surface area contributed by atoms with Crippen molar-refractivity contribution in [2.75, 3.05) is 19.0 Å². The first-order chi connectivity index (χ1) is 8.47. The van der Waals surface area contributed by atoms with E-state index < -0.39 is 4.92 Å². The third-order valence-corrected chi connectivity index (χ3v) is 2.71. The number of rotatable bonds is 6. The predicted octanol–water partition coefficient (Wildman–Crippen LogP) is 2.12. The van der Waals surface area contributed by atoms with E-state index in [-0.39, 0.29) is 28.6 Å². The summed E-state index contributed by atoms with van der Waals surface area (Å²) >= 11 is 5.70. The van der Waals surface area contributed by atoms with Crippen molar-refractivity contribution in [1.29, 1.82) is 0 Å². The molecule has 1 heterocycles. The Hall–Kier alpha value is -1.47. The minimum Gasteiger partial charge on any atom is -0.383 e. The Bertz CT molecular complexity index is 428. The van der Waals surface area contributed by atoms with Gasteiger partial charge in [0.05, 0.1) is 17.6 Å². The molecule has 1 rings (SSSR count). The first-order valence-electron chi connectivity index (χ1n) is 5.37. The minimum absolute atomic E-state index is 0.0975. The van der Waals surface area contributed by atoms with Gasteiger partial charge in [-0.25, -0.2) is 9.97 Å². The average molecular weight is 275 g/mol. The summed E-state index contributed by atoms with van der Waals surface area (Å²) in [5.74, 6) is 0.328. The zero-order valence-corrected chi connectivity index (χ0v) is 11.1. The van der Waals surface area contributed by atoms with Crippen molar-refractivity contribution < 1.29 is 9.66 Å². The number of anilines is 1. The van der Waals surface area contributed by atoms with Crippen LogP contribution in [0.15, 0.2) is 6.33 Å². The van der Waals surface area contributed by atoms with Crippen LogP contribution >= 0.6 is 11.6 Å². The van der Waals surface area contributed by atoms with Crippen molar-refractivity contribution in [1.82, 2.24) is 9.97 Å². The van der Waals surface area contributed by atoms with Crippen LogP contribution in [-0.2, 0) is 4.74 Å². The fraction of sp³-hybridized carbons (Fsp3) is 0.600. The lowest BCUT2D eigenvalue weighted by atomic mass is 10.1. The number of hydrogen-bond donors (Lipinski definition) is 1. The number of hydrogen-bond acceptors (Lipinski definition) is 6. The van der Waals surface area contributed by atoms with Crippen LogP contribution < -0.4 is 5.32 Å². The summed E-state index contributed by atoms with van der Waals surface area (Å²) in [5, 5.41) is 13.7. The van der Waals surface area contributed by atoms with Crippen LogP contribution in [0.5, 0.6) is 0 Å². The third kappa shape index (κ3) is 3.51. The summed E-state index contributed by atoms with van der Waals surface area (Å²) in [5.41, 5.74) is -0.319. The van der Waals surface area contributed by atoms with Crippen molar-refractivity contribution in [3.63, 3.8) is 0 Å². The Balaban J connectivity index is 3.02. The molecular formula is C10H15ClN4O3. The van der Waals surface area contributed by atoms with Gasteiger partial charge in [-0.15, -0.1) is 0 Å². The zero-order valence-electron chi connectivity index (χ0n) is 10.4. The van der Waals surface area contributed by atoms with Gasteiger partial charge in [0.15, 0.2) is 0 Å². The van der Waals surface area contributed by atoms with Gasteiger partial charge in [-0.3, -0.25) is 10.1 Å². The molecule has 7 nitrogen and oxygen atoms in total. The maximum Gasteiger partial charge on any atom is 0.348 e. The first-order valence-corrected chi connectivity index (χ1v) is 5.75. The van der Waals surface area contributed by atoms with Crippen LogP contribution in [0, 0.1) is 16.0 Å². The quantitative estimate of drug-likeness (QED) is 0.485. The van der Waals surface area contributed by atoms with E-state index in [0.29, 0.717) is 6.61 Å². The molecule has 1 aromatic rings. The average Bonchev–Trinajstić information content (AvgIpc) is 2.27. The van der Waals surface area contributed by atoms with Gasteiger partial charge < -0.3 is 10.1 Å². The van der Waals surface area contributed by atoms with E-state index >= 15 is 0 Å². The number of nitrogens with zero attached hydrogens (tertiary/aromatic N) is 3. The number of nitro groups is 1. The molecule has 0 aliphatic heterocycles. The summed E-state index contributed by atoms with van der Waals surface area (Å²) in [6.45, 7) is 4.37. The van der Waals surface area contributed by atoms with Gasteiger partial charge in [0.25, 0.3) is 0 Å². The van der Waals surface area contributed by atoms with Gasteiger partial charge in [-0.2, -0.15) is 0 Å². The van der Waals surface area contributed by atoms with Crippen LogP contribution in [0.4, 0.5) is 11.5 Å². The summed E-state index contributed by atoms with van der Waals surface area (Å²) in [6.07, 6.45) is 1.18. The van der Waals surface area contributed by atoms with E-state index in [9.17, 15) is 10.1 Å². The van der Waals surface area contributed by atoms with E-state index in [1.165, 1.54) is 6.33 Å². The minimum atomic E-state index is -0.602. The topological polar surface area (TPSA) is 90.2 Å². The van der Waals surface area contributed by atoms with Crippen molar-refractivity contribution in [3.8, 4) is 0 Å². The molecule has 1 unspecified atom stereocenters. The Morgan fingerprint density at radius 3 is 2.72 bits per heavy atom. The summed E-state index contributed by atoms with van der Waals surface area (Å²) in [6, 6.07) is -0.0975. The number of nitrogens with one attached hydrogen (secondary N) is 1. The molecule has 8 heteroatoms. The molecule has 0 spiro atoms. The Morgan fingerprint density at radius 1 is 1.56 bits per heavy atom. The Morgan fingerprint density at radius 2 is 2.22 bits per heavy atom. The molecule has 1 aromatic heterocycles. The van der Waals surface area contributed by atoms with Gasteiger partial charge in [-0.05, 0) is 5.92 Å². The highest BCUT2D eigenvalue weighted by atomic mass is 35.5. The fourth-order valence-electron chi connectivity index (χ4n) is 1.38. The lowest BCUT2D eigenvalue weighted by Gasteiger charge is -2.21. The van der Waals surface area contributed by atoms with Gasteiger partial charge in [0, 0.05) is 7.11 Å². The third-order valence-electron chi connectivity index (χ3n) is 2.43. The molecule has 0 aliphatic rings. The molecule has 1 N–H and O–H groups in total. The molecule has 0 radical (unpaired) electrons. The molecular weight excluding hydrogens is 260 g/mol. The highest BCUT2D eigenvalue weighted by molar-refractivity contribution is 6.31. The van der Waals surface area contributed by atoms with Crippen LogP contribution in [0.3, 0.4) is 0 Å². The Kier molecular flexibility index (Phi) is 5.24. The largest absolute Gasteiger partial charge is 0.383 e. The summed E-state index contributed by atoms with van der Waals surface area (Å²) in [7, 11) is 1.57. The van der Waals surface area contributed by atoms with E-state index in [2.05, 4.69) is 15.3 Å². The SMILES string of the molecule is COCC(Nc1ncnc(Cl)c1[N+](=O)[O-])C(C)C. The van der Waals surface area contributed by atoms with E-state index in [4.69, 9.17) is 16.3 Å². The fourth-order valence-corrected chi connectivity index (χ4v) is 1.58. The second-order valence-corrected chi connectivity index (χ2v) is 4.43. The van der Waals surface area contributed by atoms with E-state index in [0.717, 1.165) is 0 Å². The molecule has 0 bridgehead atoms. The summed E-state index contributed by atoms with van der Waals surface area (Å²) in [4.78, 5) is 17.8. The lowest BCUT2D eigenvalue weighted by molar-refractivity contribution is -0.384. The molecule has 0 saturated carbocycles. The smallest absolute Gasteiger partial charge is 0.348 e. The maximum atomic E-state index is 10.9. The highest BCUT2D eigenvalue weighted by Gasteiger charge is 2.24. The molecule has 0 amide bonds. The number of aromatic nitrogens is 2. The molecule has 18 heavy (non-hydrogen) atoms. The standard InChI is InChI=1S/C10H15ClN4O3/c1-6(2)7(4-18-3)14-10-8(15(16)17)9(11)12-5-13-10/h5-7H,4H2,1-3H3,(H,12,13,14). The first kappa shape index (κ1) is 14.6. The lowest BCUT2D eigenvalue weighted by Crippen LogP contribution is -2.31. The van der Waals surface area contributed by atoms with Gasteiger partial charge in [0.2, 0.25) is 11.0 Å². The van der Waals surface area contributed by atoms with Crippen LogP contribution in [0.2, 0.25) is 5.15 Å².